The van der Waals surface area contributed by atoms with Crippen LogP contribution in [-0.4, -0.2) is 20.1 Å². The molecular weight excluding hydrogens is 202 g/mol. The van der Waals surface area contributed by atoms with Crippen LogP contribution in [0.5, 0.6) is 5.88 Å². The molecule has 1 N–H and O–H groups in total. The van der Waals surface area contributed by atoms with Gasteiger partial charge in [-0.15, -0.1) is 0 Å². The number of hydrogen-bond acceptors (Lipinski definition) is 4. The van der Waals surface area contributed by atoms with E-state index in [9.17, 15) is 5.11 Å². The van der Waals surface area contributed by atoms with Crippen LogP contribution in [0.4, 0.5) is 0 Å². The molecule has 2 aromatic rings. The average molecular weight is 215 g/mol. The Labute approximate surface area is 94.0 Å². The highest BCUT2D eigenvalue weighted by Gasteiger charge is 2.05. The predicted molar refractivity (Wildman–Crippen MR) is 60.9 cm³/mol. The Kier molecular flexibility index (Phi) is 3.10. The minimum Gasteiger partial charge on any atom is -0.493 e. The van der Waals surface area contributed by atoms with Crippen LogP contribution in [0.2, 0.25) is 0 Å². The van der Waals surface area contributed by atoms with Crippen LogP contribution < -0.4 is 0 Å². The molecule has 0 spiro atoms. The van der Waals surface area contributed by atoms with Crippen molar-refractivity contribution < 1.29 is 5.11 Å². The molecule has 0 bridgehead atoms. The Bertz CT molecular complexity index is 471. The van der Waals surface area contributed by atoms with Gasteiger partial charge in [-0.05, 0) is 18.6 Å². The van der Waals surface area contributed by atoms with Crippen LogP contribution >= 0.6 is 0 Å². The molecule has 0 radical (unpaired) electrons. The Morgan fingerprint density at radius 3 is 2.62 bits per heavy atom. The van der Waals surface area contributed by atoms with E-state index in [-0.39, 0.29) is 5.88 Å². The Morgan fingerprint density at radius 2 is 1.94 bits per heavy atom. The van der Waals surface area contributed by atoms with Crippen molar-refractivity contribution in [3.8, 4) is 17.3 Å². The van der Waals surface area contributed by atoms with Gasteiger partial charge in [-0.3, -0.25) is 4.98 Å². The second-order valence-corrected chi connectivity index (χ2v) is 3.53. The number of nitrogens with zero attached hydrogens (tertiary/aromatic N) is 3. The van der Waals surface area contributed by atoms with Gasteiger partial charge in [0, 0.05) is 29.7 Å². The fourth-order valence-electron chi connectivity index (χ4n) is 1.50. The minimum atomic E-state index is 0.0188. The number of hydrogen-bond donors (Lipinski definition) is 1. The van der Waals surface area contributed by atoms with E-state index in [0.717, 1.165) is 24.1 Å². The molecule has 82 valence electrons. The molecule has 0 atom stereocenters. The largest absolute Gasteiger partial charge is 0.493 e. The molecule has 0 aliphatic carbocycles. The van der Waals surface area contributed by atoms with Crippen LogP contribution in [0.1, 0.15) is 19.0 Å². The fourth-order valence-corrected chi connectivity index (χ4v) is 1.50. The van der Waals surface area contributed by atoms with Gasteiger partial charge in [0.25, 0.3) is 0 Å². The van der Waals surface area contributed by atoms with E-state index >= 15 is 0 Å². The van der Waals surface area contributed by atoms with E-state index in [1.807, 2.05) is 12.1 Å². The van der Waals surface area contributed by atoms with E-state index < -0.39 is 0 Å². The van der Waals surface area contributed by atoms with Crippen LogP contribution in [0.15, 0.2) is 30.6 Å². The second kappa shape index (κ2) is 4.70. The molecule has 0 aliphatic heterocycles. The summed E-state index contributed by atoms with van der Waals surface area (Å²) in [6.07, 6.45) is 5.20. The van der Waals surface area contributed by atoms with Gasteiger partial charge in [0.2, 0.25) is 5.88 Å². The summed E-state index contributed by atoms with van der Waals surface area (Å²) in [4.78, 5) is 12.3. The van der Waals surface area contributed by atoms with Crippen molar-refractivity contribution in [3.05, 3.63) is 36.3 Å². The van der Waals surface area contributed by atoms with Gasteiger partial charge in [-0.25, -0.2) is 4.98 Å². The Balaban J connectivity index is 2.41. The van der Waals surface area contributed by atoms with E-state index in [2.05, 4.69) is 21.9 Å². The number of aryl methyl sites for hydroxylation is 1. The zero-order valence-electron chi connectivity index (χ0n) is 9.09. The Morgan fingerprint density at radius 1 is 1.19 bits per heavy atom. The summed E-state index contributed by atoms with van der Waals surface area (Å²) in [5.74, 6) is 0.566. The van der Waals surface area contributed by atoms with E-state index in [1.165, 1.54) is 0 Å². The van der Waals surface area contributed by atoms with Gasteiger partial charge >= 0.3 is 0 Å². The summed E-state index contributed by atoms with van der Waals surface area (Å²) in [5, 5.41) is 9.52. The first-order valence-electron chi connectivity index (χ1n) is 5.27. The highest BCUT2D eigenvalue weighted by molar-refractivity contribution is 5.54. The van der Waals surface area contributed by atoms with Gasteiger partial charge in [-0.2, -0.15) is 4.98 Å². The average Bonchev–Trinajstić information content (AvgIpc) is 2.30. The monoisotopic (exact) mass is 215 g/mol. The molecule has 0 saturated heterocycles. The highest BCUT2D eigenvalue weighted by atomic mass is 16.3. The molecule has 0 aromatic carbocycles. The van der Waals surface area contributed by atoms with Gasteiger partial charge in [0.05, 0.1) is 0 Å². The number of aromatic nitrogens is 3. The minimum absolute atomic E-state index is 0.0188. The first-order valence-corrected chi connectivity index (χ1v) is 5.27. The molecule has 0 fully saturated rings. The molecule has 4 nitrogen and oxygen atoms in total. The van der Waals surface area contributed by atoms with Gasteiger partial charge in [0.1, 0.15) is 0 Å². The van der Waals surface area contributed by atoms with Crippen molar-refractivity contribution in [1.29, 1.82) is 0 Å². The van der Waals surface area contributed by atoms with Crippen molar-refractivity contribution in [3.63, 3.8) is 0 Å². The molecule has 2 heterocycles. The zero-order valence-corrected chi connectivity index (χ0v) is 9.09. The lowest BCUT2D eigenvalue weighted by Gasteiger charge is -2.03. The van der Waals surface area contributed by atoms with Crippen molar-refractivity contribution in [2.24, 2.45) is 0 Å². The molecule has 2 rings (SSSR count). The van der Waals surface area contributed by atoms with Crippen molar-refractivity contribution >= 4 is 0 Å². The first kappa shape index (κ1) is 10.5. The van der Waals surface area contributed by atoms with Gasteiger partial charge < -0.3 is 5.11 Å². The number of aromatic hydroxyl groups is 1. The molecule has 0 saturated carbocycles. The normalized spacial score (nSPS) is 10.3. The molecule has 0 unspecified atom stereocenters. The Hall–Kier alpha value is -1.97. The summed E-state index contributed by atoms with van der Waals surface area (Å²) in [5.41, 5.74) is 1.73. The third-order valence-electron chi connectivity index (χ3n) is 2.21. The van der Waals surface area contributed by atoms with Crippen LogP contribution in [0.3, 0.4) is 0 Å². The SMILES string of the molecule is CCCc1cc(O)nc(-c2ccncc2)n1. The topological polar surface area (TPSA) is 58.9 Å². The zero-order chi connectivity index (χ0) is 11.4. The lowest BCUT2D eigenvalue weighted by molar-refractivity contribution is 0.451. The molecule has 2 aromatic heterocycles. The molecule has 0 aliphatic rings. The number of rotatable bonds is 3. The summed E-state index contributed by atoms with van der Waals surface area (Å²) in [6.45, 7) is 2.07. The van der Waals surface area contributed by atoms with E-state index in [4.69, 9.17) is 0 Å². The summed E-state index contributed by atoms with van der Waals surface area (Å²) < 4.78 is 0. The van der Waals surface area contributed by atoms with Crippen LogP contribution in [-0.2, 0) is 6.42 Å². The maximum Gasteiger partial charge on any atom is 0.214 e. The maximum atomic E-state index is 9.52. The third-order valence-corrected chi connectivity index (χ3v) is 2.21. The maximum absolute atomic E-state index is 9.52. The first-order chi connectivity index (χ1) is 7.79. The predicted octanol–water partition coefficient (Wildman–Crippen LogP) is 2.20. The quantitative estimate of drug-likeness (QED) is 0.852. The summed E-state index contributed by atoms with van der Waals surface area (Å²) in [6, 6.07) is 5.25. The highest BCUT2D eigenvalue weighted by Crippen LogP contribution is 2.18. The summed E-state index contributed by atoms with van der Waals surface area (Å²) in [7, 11) is 0. The lowest BCUT2D eigenvalue weighted by atomic mass is 10.2. The second-order valence-electron chi connectivity index (χ2n) is 3.53. The third kappa shape index (κ3) is 2.34. The van der Waals surface area contributed by atoms with Crippen LogP contribution in [0.25, 0.3) is 11.4 Å². The lowest BCUT2D eigenvalue weighted by Crippen LogP contribution is -1.95. The van der Waals surface area contributed by atoms with Gasteiger partial charge in [-0.1, -0.05) is 13.3 Å². The van der Waals surface area contributed by atoms with Crippen molar-refractivity contribution in [2.75, 3.05) is 0 Å². The van der Waals surface area contributed by atoms with Gasteiger partial charge in [0.15, 0.2) is 5.82 Å². The molecule has 0 amide bonds. The van der Waals surface area contributed by atoms with E-state index in [1.54, 1.807) is 18.5 Å². The number of pyridine rings is 1. The summed E-state index contributed by atoms with van der Waals surface area (Å²) >= 11 is 0. The smallest absolute Gasteiger partial charge is 0.214 e. The van der Waals surface area contributed by atoms with Crippen molar-refractivity contribution in [2.45, 2.75) is 19.8 Å². The van der Waals surface area contributed by atoms with Crippen LogP contribution in [0, 0.1) is 0 Å². The fraction of sp³-hybridized carbons (Fsp3) is 0.250. The molecule has 16 heavy (non-hydrogen) atoms. The molecular formula is C12H13N3O. The van der Waals surface area contributed by atoms with Crippen molar-refractivity contribution in [1.82, 2.24) is 15.0 Å². The van der Waals surface area contributed by atoms with E-state index in [0.29, 0.717) is 5.82 Å². The standard InChI is InChI=1S/C12H13N3O/c1-2-3-10-8-11(16)15-12(14-10)9-4-6-13-7-5-9/h4-8H,2-3H2,1H3,(H,14,15,16). The molecule has 4 heteroatoms.